The van der Waals surface area contributed by atoms with Gasteiger partial charge in [0, 0.05) is 29.4 Å². The van der Waals surface area contributed by atoms with Crippen molar-refractivity contribution in [1.82, 2.24) is 15.6 Å². The van der Waals surface area contributed by atoms with Crippen molar-refractivity contribution < 1.29 is 9.59 Å². The Labute approximate surface area is 158 Å². The molecule has 2 N–H and O–H groups in total. The number of hydrogen-bond donors (Lipinski definition) is 2. The number of aromatic nitrogens is 1. The zero-order valence-corrected chi connectivity index (χ0v) is 15.3. The molecule has 0 atom stereocenters. The highest BCUT2D eigenvalue weighted by atomic mass is 35.5. The molecule has 6 heteroatoms. The first-order valence-corrected chi connectivity index (χ1v) is 9.30. The van der Waals surface area contributed by atoms with Crippen molar-refractivity contribution in [1.29, 1.82) is 0 Å². The van der Waals surface area contributed by atoms with Crippen LogP contribution in [0.15, 0.2) is 42.6 Å². The summed E-state index contributed by atoms with van der Waals surface area (Å²) in [4.78, 5) is 28.9. The van der Waals surface area contributed by atoms with Gasteiger partial charge in [-0.1, -0.05) is 49.1 Å². The van der Waals surface area contributed by atoms with Gasteiger partial charge in [0.05, 0.1) is 0 Å². The first-order chi connectivity index (χ1) is 12.6. The molecule has 1 fully saturated rings. The molecule has 1 aromatic carbocycles. The fourth-order valence-electron chi connectivity index (χ4n) is 3.12. The number of halogens is 1. The van der Waals surface area contributed by atoms with E-state index in [-0.39, 0.29) is 23.6 Å². The fourth-order valence-corrected chi connectivity index (χ4v) is 3.32. The molecule has 1 saturated carbocycles. The topological polar surface area (TPSA) is 71.1 Å². The van der Waals surface area contributed by atoms with Gasteiger partial charge < -0.3 is 10.6 Å². The quantitative estimate of drug-likeness (QED) is 0.841. The zero-order chi connectivity index (χ0) is 18.4. The molecular weight excluding hydrogens is 350 g/mol. The average molecular weight is 372 g/mol. The maximum Gasteiger partial charge on any atom is 0.270 e. The fraction of sp³-hybridized carbons (Fsp3) is 0.350. The number of pyridine rings is 1. The van der Waals surface area contributed by atoms with Crippen LogP contribution in [0.25, 0.3) is 0 Å². The predicted molar refractivity (Wildman–Crippen MR) is 101 cm³/mol. The van der Waals surface area contributed by atoms with Gasteiger partial charge in [-0.05, 0) is 36.6 Å². The Bertz CT molecular complexity index is 788. The van der Waals surface area contributed by atoms with Gasteiger partial charge in [-0.25, -0.2) is 0 Å². The largest absolute Gasteiger partial charge is 0.348 e. The Morgan fingerprint density at radius 3 is 2.62 bits per heavy atom. The van der Waals surface area contributed by atoms with Crippen LogP contribution >= 0.6 is 11.6 Å². The molecule has 1 aromatic heterocycles. The minimum Gasteiger partial charge on any atom is -0.348 e. The number of amides is 2. The minimum absolute atomic E-state index is 0.204. The Kier molecular flexibility index (Phi) is 6.23. The van der Waals surface area contributed by atoms with E-state index in [1.165, 1.54) is 18.7 Å². The van der Waals surface area contributed by atoms with Crippen LogP contribution in [0.3, 0.4) is 0 Å². The lowest BCUT2D eigenvalue weighted by Crippen LogP contribution is -2.36. The molecule has 1 aliphatic carbocycles. The van der Waals surface area contributed by atoms with E-state index in [4.69, 9.17) is 11.6 Å². The van der Waals surface area contributed by atoms with Gasteiger partial charge >= 0.3 is 0 Å². The van der Waals surface area contributed by atoms with Crippen molar-refractivity contribution >= 4 is 23.4 Å². The van der Waals surface area contributed by atoms with Crippen LogP contribution < -0.4 is 10.6 Å². The molecule has 0 aliphatic heterocycles. The SMILES string of the molecule is O=C(NCc1ccccc1Cl)c1ccnc(C(=O)NC2CCCCC2)c1. The summed E-state index contributed by atoms with van der Waals surface area (Å²) < 4.78 is 0. The smallest absolute Gasteiger partial charge is 0.270 e. The number of carbonyl (C=O) groups excluding carboxylic acids is 2. The highest BCUT2D eigenvalue weighted by Gasteiger charge is 2.18. The standard InChI is InChI=1S/C20H22ClN3O2/c21-17-9-5-4-6-15(17)13-23-19(25)14-10-11-22-18(12-14)20(26)24-16-7-2-1-3-8-16/h4-6,9-12,16H,1-3,7-8,13H2,(H,23,25)(H,24,26). The van der Waals surface area contributed by atoms with Gasteiger partial charge in [-0.15, -0.1) is 0 Å². The summed E-state index contributed by atoms with van der Waals surface area (Å²) in [6, 6.07) is 10.7. The maximum absolute atomic E-state index is 12.4. The normalized spacial score (nSPS) is 14.7. The van der Waals surface area contributed by atoms with Crippen LogP contribution in [-0.2, 0) is 6.54 Å². The molecule has 0 saturated heterocycles. The van der Waals surface area contributed by atoms with E-state index < -0.39 is 0 Å². The van der Waals surface area contributed by atoms with Gasteiger partial charge in [0.15, 0.2) is 0 Å². The molecule has 1 aliphatic rings. The zero-order valence-electron chi connectivity index (χ0n) is 14.5. The Hall–Kier alpha value is -2.40. The number of nitrogens with zero attached hydrogens (tertiary/aromatic N) is 1. The summed E-state index contributed by atoms with van der Waals surface area (Å²) >= 11 is 6.10. The molecule has 2 aromatic rings. The van der Waals surface area contributed by atoms with Crippen LogP contribution in [0.2, 0.25) is 5.02 Å². The van der Waals surface area contributed by atoms with Crippen molar-refractivity contribution in [3.8, 4) is 0 Å². The summed E-state index contributed by atoms with van der Waals surface area (Å²) in [5, 5.41) is 6.44. The molecular formula is C20H22ClN3O2. The number of benzene rings is 1. The van der Waals surface area contributed by atoms with Gasteiger partial charge in [0.1, 0.15) is 5.69 Å². The Balaban J connectivity index is 1.61. The number of rotatable bonds is 5. The van der Waals surface area contributed by atoms with Gasteiger partial charge in [0.25, 0.3) is 11.8 Å². The highest BCUT2D eigenvalue weighted by molar-refractivity contribution is 6.31. The van der Waals surface area contributed by atoms with Crippen molar-refractivity contribution in [3.05, 3.63) is 64.4 Å². The van der Waals surface area contributed by atoms with E-state index in [2.05, 4.69) is 15.6 Å². The van der Waals surface area contributed by atoms with Crippen LogP contribution in [-0.4, -0.2) is 22.8 Å². The molecule has 2 amide bonds. The molecule has 26 heavy (non-hydrogen) atoms. The summed E-state index contributed by atoms with van der Waals surface area (Å²) in [5.41, 5.74) is 1.51. The van der Waals surface area contributed by atoms with E-state index in [0.717, 1.165) is 31.2 Å². The molecule has 3 rings (SSSR count). The van der Waals surface area contributed by atoms with Crippen LogP contribution in [0.5, 0.6) is 0 Å². The van der Waals surface area contributed by atoms with Crippen LogP contribution in [0.1, 0.15) is 58.5 Å². The average Bonchev–Trinajstić information content (AvgIpc) is 2.68. The lowest BCUT2D eigenvalue weighted by atomic mass is 9.95. The van der Waals surface area contributed by atoms with E-state index >= 15 is 0 Å². The van der Waals surface area contributed by atoms with E-state index in [9.17, 15) is 9.59 Å². The molecule has 136 valence electrons. The van der Waals surface area contributed by atoms with Crippen molar-refractivity contribution in [2.45, 2.75) is 44.7 Å². The van der Waals surface area contributed by atoms with E-state index in [1.807, 2.05) is 18.2 Å². The summed E-state index contributed by atoms with van der Waals surface area (Å²) in [6.45, 7) is 0.324. The maximum atomic E-state index is 12.4. The Morgan fingerprint density at radius 2 is 1.85 bits per heavy atom. The summed E-state index contributed by atoms with van der Waals surface area (Å²) in [5.74, 6) is -0.489. The number of hydrogen-bond acceptors (Lipinski definition) is 3. The van der Waals surface area contributed by atoms with E-state index in [1.54, 1.807) is 12.1 Å². The molecule has 1 heterocycles. The second-order valence-electron chi connectivity index (χ2n) is 6.51. The minimum atomic E-state index is -0.265. The summed E-state index contributed by atoms with van der Waals surface area (Å²) in [6.07, 6.45) is 7.01. The first-order valence-electron chi connectivity index (χ1n) is 8.92. The number of nitrogens with one attached hydrogen (secondary N) is 2. The van der Waals surface area contributed by atoms with E-state index in [0.29, 0.717) is 17.1 Å². The lowest BCUT2D eigenvalue weighted by Gasteiger charge is -2.22. The van der Waals surface area contributed by atoms with Crippen molar-refractivity contribution in [3.63, 3.8) is 0 Å². The third-order valence-corrected chi connectivity index (χ3v) is 4.96. The second-order valence-corrected chi connectivity index (χ2v) is 6.92. The lowest BCUT2D eigenvalue weighted by molar-refractivity contribution is 0.0922. The van der Waals surface area contributed by atoms with Crippen molar-refractivity contribution in [2.75, 3.05) is 0 Å². The summed E-state index contributed by atoms with van der Waals surface area (Å²) in [7, 11) is 0. The van der Waals surface area contributed by atoms with Crippen LogP contribution in [0, 0.1) is 0 Å². The second kappa shape index (κ2) is 8.81. The highest BCUT2D eigenvalue weighted by Crippen LogP contribution is 2.18. The Morgan fingerprint density at radius 1 is 1.08 bits per heavy atom. The number of carbonyl (C=O) groups is 2. The molecule has 0 spiro atoms. The molecule has 5 nitrogen and oxygen atoms in total. The van der Waals surface area contributed by atoms with Gasteiger partial charge in [-0.2, -0.15) is 0 Å². The van der Waals surface area contributed by atoms with Crippen molar-refractivity contribution in [2.24, 2.45) is 0 Å². The molecule has 0 bridgehead atoms. The first kappa shape index (κ1) is 18.4. The monoisotopic (exact) mass is 371 g/mol. The third kappa shape index (κ3) is 4.82. The third-order valence-electron chi connectivity index (χ3n) is 4.59. The van der Waals surface area contributed by atoms with Gasteiger partial charge in [0.2, 0.25) is 0 Å². The predicted octanol–water partition coefficient (Wildman–Crippen LogP) is 3.73. The molecule has 0 unspecified atom stereocenters. The molecule has 0 radical (unpaired) electrons. The van der Waals surface area contributed by atoms with Crippen LogP contribution in [0.4, 0.5) is 0 Å². The van der Waals surface area contributed by atoms with Gasteiger partial charge in [-0.3, -0.25) is 14.6 Å².